The molecular weight excluding hydrogens is 248 g/mol. The molecule has 0 aliphatic heterocycles. The van der Waals surface area contributed by atoms with Gasteiger partial charge in [0.2, 0.25) is 5.89 Å². The van der Waals surface area contributed by atoms with Gasteiger partial charge in [0, 0.05) is 17.7 Å². The van der Waals surface area contributed by atoms with Crippen LogP contribution in [0.15, 0.2) is 15.4 Å². The molecule has 0 fully saturated rings. The Kier molecular flexibility index (Phi) is 3.64. The lowest BCUT2D eigenvalue weighted by molar-refractivity contribution is 0.341. The van der Waals surface area contributed by atoms with E-state index >= 15 is 0 Å². The van der Waals surface area contributed by atoms with Gasteiger partial charge in [-0.3, -0.25) is 9.36 Å². The molecule has 0 aliphatic carbocycles. The lowest BCUT2D eigenvalue weighted by atomic mass is 10.2. The molecule has 102 valence electrons. The normalized spacial score (nSPS) is 11.0. The summed E-state index contributed by atoms with van der Waals surface area (Å²) < 4.78 is 11.6. The molecule has 0 aromatic carbocycles. The average Bonchev–Trinajstić information content (AvgIpc) is 2.81. The molecule has 19 heavy (non-hydrogen) atoms. The van der Waals surface area contributed by atoms with Crippen molar-refractivity contribution in [3.05, 3.63) is 33.8 Å². The van der Waals surface area contributed by atoms with Gasteiger partial charge in [0.1, 0.15) is 0 Å². The molecule has 2 aromatic rings. The van der Waals surface area contributed by atoms with E-state index in [-0.39, 0.29) is 24.0 Å². The molecule has 2 heterocycles. The molecular formula is C12H16N4O3. The minimum atomic E-state index is -0.208. The maximum Gasteiger partial charge on any atom is 0.299 e. The number of nitrogens with zero attached hydrogens (tertiary/aromatic N) is 4. The smallest absolute Gasteiger partial charge is 0.299 e. The van der Waals surface area contributed by atoms with E-state index in [4.69, 9.17) is 9.26 Å². The summed E-state index contributed by atoms with van der Waals surface area (Å²) in [6.45, 7) is 5.82. The average molecular weight is 264 g/mol. The van der Waals surface area contributed by atoms with Crippen LogP contribution in [0.25, 0.3) is 0 Å². The zero-order valence-corrected chi connectivity index (χ0v) is 11.4. The lowest BCUT2D eigenvalue weighted by Gasteiger charge is -2.08. The predicted octanol–water partition coefficient (Wildman–Crippen LogP) is 1.12. The van der Waals surface area contributed by atoms with E-state index in [1.807, 2.05) is 13.8 Å². The van der Waals surface area contributed by atoms with Gasteiger partial charge in [-0.25, -0.2) is 4.98 Å². The number of rotatable bonds is 4. The third-order valence-electron chi connectivity index (χ3n) is 2.56. The van der Waals surface area contributed by atoms with Crippen LogP contribution in [0, 0.1) is 6.92 Å². The summed E-state index contributed by atoms with van der Waals surface area (Å²) in [6.07, 6.45) is 0. The molecule has 0 unspecified atom stereocenters. The second kappa shape index (κ2) is 5.21. The first-order valence-corrected chi connectivity index (χ1v) is 5.96. The van der Waals surface area contributed by atoms with Gasteiger partial charge in [-0.2, -0.15) is 4.98 Å². The van der Waals surface area contributed by atoms with Crippen molar-refractivity contribution < 1.29 is 9.26 Å². The van der Waals surface area contributed by atoms with Crippen molar-refractivity contribution in [3.8, 4) is 6.01 Å². The van der Waals surface area contributed by atoms with Crippen LogP contribution in [0.5, 0.6) is 6.01 Å². The summed E-state index contributed by atoms with van der Waals surface area (Å²) >= 11 is 0. The maximum atomic E-state index is 11.9. The van der Waals surface area contributed by atoms with E-state index in [9.17, 15) is 4.79 Å². The Balaban J connectivity index is 2.34. The minimum Gasteiger partial charge on any atom is -0.468 e. The zero-order chi connectivity index (χ0) is 14.0. The van der Waals surface area contributed by atoms with Gasteiger partial charge in [0.15, 0.2) is 5.82 Å². The Morgan fingerprint density at radius 3 is 2.74 bits per heavy atom. The Hall–Kier alpha value is -2.18. The number of aromatic nitrogens is 4. The highest BCUT2D eigenvalue weighted by Gasteiger charge is 2.14. The summed E-state index contributed by atoms with van der Waals surface area (Å²) in [7, 11) is 1.47. The van der Waals surface area contributed by atoms with Gasteiger partial charge >= 0.3 is 0 Å². The first-order chi connectivity index (χ1) is 9.01. The molecule has 2 rings (SSSR count). The number of aryl methyl sites for hydroxylation is 1. The standard InChI is InChI=1S/C12H16N4O3/c1-7(2)11-14-9(15-19-11)6-16-10(17)5-8(3)13-12(16)18-4/h5,7H,6H2,1-4H3. The third kappa shape index (κ3) is 2.81. The molecule has 0 N–H and O–H groups in total. The van der Waals surface area contributed by atoms with E-state index in [0.717, 1.165) is 0 Å². The minimum absolute atomic E-state index is 0.149. The second-order valence-electron chi connectivity index (χ2n) is 4.51. The molecule has 0 radical (unpaired) electrons. The SMILES string of the molecule is COc1nc(C)cc(=O)n1Cc1noc(C(C)C)n1. The van der Waals surface area contributed by atoms with Crippen molar-refractivity contribution in [3.63, 3.8) is 0 Å². The highest BCUT2D eigenvalue weighted by Crippen LogP contribution is 2.12. The van der Waals surface area contributed by atoms with Crippen LogP contribution in [-0.2, 0) is 6.54 Å². The Morgan fingerprint density at radius 1 is 1.42 bits per heavy atom. The van der Waals surface area contributed by atoms with Crippen LogP contribution < -0.4 is 10.3 Å². The topological polar surface area (TPSA) is 83.0 Å². The predicted molar refractivity (Wildman–Crippen MR) is 67.3 cm³/mol. The molecule has 0 spiro atoms. The van der Waals surface area contributed by atoms with E-state index < -0.39 is 0 Å². The third-order valence-corrected chi connectivity index (χ3v) is 2.56. The zero-order valence-electron chi connectivity index (χ0n) is 11.4. The summed E-state index contributed by atoms with van der Waals surface area (Å²) in [5.41, 5.74) is 0.398. The molecule has 0 saturated carbocycles. The molecule has 0 amide bonds. The van der Waals surface area contributed by atoms with Crippen LogP contribution in [-0.4, -0.2) is 26.8 Å². The molecule has 7 heteroatoms. The maximum absolute atomic E-state index is 11.9. The Labute approximate surface area is 110 Å². The Bertz CT molecular complexity index is 630. The second-order valence-corrected chi connectivity index (χ2v) is 4.51. The van der Waals surface area contributed by atoms with Crippen LogP contribution in [0.1, 0.15) is 37.2 Å². The fourth-order valence-corrected chi connectivity index (χ4v) is 1.60. The lowest BCUT2D eigenvalue weighted by Crippen LogP contribution is -2.23. The number of hydrogen-bond acceptors (Lipinski definition) is 6. The summed E-state index contributed by atoms with van der Waals surface area (Å²) in [6, 6.07) is 1.67. The summed E-state index contributed by atoms with van der Waals surface area (Å²) in [4.78, 5) is 20.3. The molecule has 0 bridgehead atoms. The molecule has 7 nitrogen and oxygen atoms in total. The van der Waals surface area contributed by atoms with Crippen molar-refractivity contribution in [2.45, 2.75) is 33.2 Å². The first-order valence-electron chi connectivity index (χ1n) is 5.96. The number of methoxy groups -OCH3 is 1. The van der Waals surface area contributed by atoms with E-state index in [1.54, 1.807) is 6.92 Å². The van der Waals surface area contributed by atoms with Crippen molar-refractivity contribution in [2.75, 3.05) is 7.11 Å². The van der Waals surface area contributed by atoms with Gasteiger partial charge in [0.05, 0.1) is 13.7 Å². The van der Waals surface area contributed by atoms with E-state index in [1.165, 1.54) is 17.7 Å². The fraction of sp³-hybridized carbons (Fsp3) is 0.500. The van der Waals surface area contributed by atoms with Gasteiger partial charge < -0.3 is 9.26 Å². The van der Waals surface area contributed by atoms with Gasteiger partial charge in [-0.15, -0.1) is 0 Å². The first kappa shape index (κ1) is 13.3. The molecule has 0 aliphatic rings. The quantitative estimate of drug-likeness (QED) is 0.822. The highest BCUT2D eigenvalue weighted by atomic mass is 16.5. The van der Waals surface area contributed by atoms with E-state index in [0.29, 0.717) is 17.4 Å². The fourth-order valence-electron chi connectivity index (χ4n) is 1.60. The van der Waals surface area contributed by atoms with Crippen LogP contribution >= 0.6 is 0 Å². The van der Waals surface area contributed by atoms with Crippen LogP contribution in [0.2, 0.25) is 0 Å². The molecule has 0 atom stereocenters. The number of ether oxygens (including phenoxy) is 1. The Morgan fingerprint density at radius 2 is 2.16 bits per heavy atom. The summed E-state index contributed by atoms with van der Waals surface area (Å²) in [5.74, 6) is 1.12. The molecule has 0 saturated heterocycles. The van der Waals surface area contributed by atoms with Crippen LogP contribution in [0.4, 0.5) is 0 Å². The van der Waals surface area contributed by atoms with Crippen LogP contribution in [0.3, 0.4) is 0 Å². The van der Waals surface area contributed by atoms with Crippen molar-refractivity contribution in [2.24, 2.45) is 0 Å². The van der Waals surface area contributed by atoms with Crippen molar-refractivity contribution >= 4 is 0 Å². The summed E-state index contributed by atoms with van der Waals surface area (Å²) in [5, 5.41) is 3.84. The molecule has 2 aromatic heterocycles. The van der Waals surface area contributed by atoms with E-state index in [2.05, 4.69) is 15.1 Å². The largest absolute Gasteiger partial charge is 0.468 e. The van der Waals surface area contributed by atoms with Gasteiger partial charge in [0.25, 0.3) is 11.6 Å². The number of hydrogen-bond donors (Lipinski definition) is 0. The van der Waals surface area contributed by atoms with Gasteiger partial charge in [-0.1, -0.05) is 19.0 Å². The monoisotopic (exact) mass is 264 g/mol. The highest BCUT2D eigenvalue weighted by molar-refractivity contribution is 5.08. The van der Waals surface area contributed by atoms with Crippen molar-refractivity contribution in [1.82, 2.24) is 19.7 Å². The van der Waals surface area contributed by atoms with Gasteiger partial charge in [-0.05, 0) is 6.92 Å². The van der Waals surface area contributed by atoms with Crippen molar-refractivity contribution in [1.29, 1.82) is 0 Å².